The number of carbonyl (C=O) groups excluding carboxylic acids is 1. The van der Waals surface area contributed by atoms with E-state index in [9.17, 15) is 4.79 Å². The number of nitrogens with one attached hydrogen (secondary N) is 1. The number of nitrogen functional groups attached to an aromatic ring is 1. The molecule has 0 aliphatic carbocycles. The van der Waals surface area contributed by atoms with E-state index in [4.69, 9.17) is 5.73 Å². The molecule has 1 aliphatic heterocycles. The third-order valence-corrected chi connectivity index (χ3v) is 3.20. The van der Waals surface area contributed by atoms with Gasteiger partial charge in [0.05, 0.1) is 0 Å². The van der Waals surface area contributed by atoms with Gasteiger partial charge in [-0.2, -0.15) is 0 Å². The summed E-state index contributed by atoms with van der Waals surface area (Å²) in [5.41, 5.74) is 5.69. The van der Waals surface area contributed by atoms with E-state index in [1.165, 1.54) is 0 Å². The van der Waals surface area contributed by atoms with Crippen LogP contribution in [-0.2, 0) is 10.2 Å². The van der Waals surface area contributed by atoms with Crippen molar-refractivity contribution in [1.29, 1.82) is 0 Å². The van der Waals surface area contributed by atoms with E-state index in [0.29, 0.717) is 18.2 Å². The Labute approximate surface area is 113 Å². The molecule has 6 nitrogen and oxygen atoms in total. The largest absolute Gasteiger partial charge is 0.384 e. The number of nitrogens with two attached hydrogens (primary N) is 1. The Kier molecular flexibility index (Phi) is 3.34. The molecule has 1 unspecified atom stereocenters. The molecule has 1 saturated heterocycles. The van der Waals surface area contributed by atoms with Crippen LogP contribution in [-0.4, -0.2) is 35.0 Å². The molecule has 1 atom stereocenters. The van der Waals surface area contributed by atoms with E-state index in [1.807, 2.05) is 32.6 Å². The van der Waals surface area contributed by atoms with Crippen molar-refractivity contribution < 1.29 is 4.79 Å². The van der Waals surface area contributed by atoms with Crippen molar-refractivity contribution in [1.82, 2.24) is 15.3 Å². The molecule has 3 N–H and O–H groups in total. The maximum atomic E-state index is 11.7. The third kappa shape index (κ3) is 2.77. The highest BCUT2D eigenvalue weighted by Crippen LogP contribution is 2.24. The number of anilines is 2. The van der Waals surface area contributed by atoms with Gasteiger partial charge in [0.15, 0.2) is 0 Å². The maximum Gasteiger partial charge on any atom is 0.242 e. The van der Waals surface area contributed by atoms with Crippen LogP contribution in [0.4, 0.5) is 11.6 Å². The van der Waals surface area contributed by atoms with E-state index < -0.39 is 0 Å². The van der Waals surface area contributed by atoms with Crippen molar-refractivity contribution in [3.8, 4) is 0 Å². The van der Waals surface area contributed by atoms with E-state index >= 15 is 0 Å². The Morgan fingerprint density at radius 1 is 1.42 bits per heavy atom. The average Bonchev–Trinajstić information content (AvgIpc) is 2.31. The quantitative estimate of drug-likeness (QED) is 0.778. The smallest absolute Gasteiger partial charge is 0.242 e. The van der Waals surface area contributed by atoms with Crippen LogP contribution in [0.1, 0.15) is 33.5 Å². The summed E-state index contributed by atoms with van der Waals surface area (Å²) in [6.45, 7) is 9.34. The van der Waals surface area contributed by atoms with Gasteiger partial charge in [-0.05, 0) is 6.92 Å². The molecular weight excluding hydrogens is 242 g/mol. The Morgan fingerprint density at radius 3 is 2.74 bits per heavy atom. The van der Waals surface area contributed by atoms with Crippen LogP contribution < -0.4 is 16.0 Å². The maximum absolute atomic E-state index is 11.7. The lowest BCUT2D eigenvalue weighted by atomic mass is 9.95. The van der Waals surface area contributed by atoms with Gasteiger partial charge in [-0.1, -0.05) is 20.8 Å². The van der Waals surface area contributed by atoms with Crippen molar-refractivity contribution >= 4 is 17.5 Å². The van der Waals surface area contributed by atoms with E-state index in [-0.39, 0.29) is 17.4 Å². The Balaban J connectivity index is 2.39. The Bertz CT molecular complexity index is 494. The molecule has 0 spiro atoms. The first-order chi connectivity index (χ1) is 8.79. The molecule has 0 bridgehead atoms. The fourth-order valence-electron chi connectivity index (χ4n) is 2.03. The number of rotatable bonds is 1. The van der Waals surface area contributed by atoms with E-state index in [2.05, 4.69) is 15.3 Å². The van der Waals surface area contributed by atoms with Crippen molar-refractivity contribution in [3.63, 3.8) is 0 Å². The SMILES string of the molecule is CC1C(=O)NCCN1c1cc(N)nc(C(C)(C)C)n1. The van der Waals surface area contributed by atoms with Gasteiger partial charge in [0.2, 0.25) is 5.91 Å². The second-order valence-electron chi connectivity index (χ2n) is 5.89. The zero-order valence-electron chi connectivity index (χ0n) is 11.9. The molecule has 0 saturated carbocycles. The summed E-state index contributed by atoms with van der Waals surface area (Å²) in [6, 6.07) is 1.49. The molecule has 2 heterocycles. The molecule has 0 aromatic carbocycles. The number of piperazine rings is 1. The predicted molar refractivity (Wildman–Crippen MR) is 75.0 cm³/mol. The van der Waals surface area contributed by atoms with Crippen molar-refractivity contribution in [2.75, 3.05) is 23.7 Å². The van der Waals surface area contributed by atoms with Crippen molar-refractivity contribution in [3.05, 3.63) is 11.9 Å². The van der Waals surface area contributed by atoms with Crippen LogP contribution in [0, 0.1) is 0 Å². The second-order valence-corrected chi connectivity index (χ2v) is 5.89. The fourth-order valence-corrected chi connectivity index (χ4v) is 2.03. The van der Waals surface area contributed by atoms with Gasteiger partial charge in [-0.15, -0.1) is 0 Å². The normalized spacial score (nSPS) is 20.3. The number of hydrogen-bond acceptors (Lipinski definition) is 5. The van der Waals surface area contributed by atoms with Crippen LogP contribution in [0.25, 0.3) is 0 Å². The average molecular weight is 263 g/mol. The summed E-state index contributed by atoms with van der Waals surface area (Å²) in [6.07, 6.45) is 0. The standard InChI is InChI=1S/C13H21N5O/c1-8-11(19)15-5-6-18(8)10-7-9(14)16-12(17-10)13(2,3)4/h7-8H,5-6H2,1-4H3,(H,15,19)(H2,14,16,17). The Morgan fingerprint density at radius 2 is 2.11 bits per heavy atom. The lowest BCUT2D eigenvalue weighted by Crippen LogP contribution is -2.54. The van der Waals surface area contributed by atoms with E-state index in [1.54, 1.807) is 6.07 Å². The molecule has 104 valence electrons. The molecule has 1 aromatic rings. The van der Waals surface area contributed by atoms with E-state index in [0.717, 1.165) is 12.4 Å². The summed E-state index contributed by atoms with van der Waals surface area (Å²) in [4.78, 5) is 22.5. The monoisotopic (exact) mass is 263 g/mol. The molecule has 19 heavy (non-hydrogen) atoms. The summed E-state index contributed by atoms with van der Waals surface area (Å²) >= 11 is 0. The van der Waals surface area contributed by atoms with Gasteiger partial charge in [0.1, 0.15) is 23.5 Å². The van der Waals surface area contributed by atoms with Gasteiger partial charge in [0.25, 0.3) is 0 Å². The molecule has 1 fully saturated rings. The topological polar surface area (TPSA) is 84.1 Å². The summed E-state index contributed by atoms with van der Waals surface area (Å²) < 4.78 is 0. The van der Waals surface area contributed by atoms with Crippen LogP contribution in [0.5, 0.6) is 0 Å². The van der Waals surface area contributed by atoms with Gasteiger partial charge in [-0.25, -0.2) is 9.97 Å². The highest BCUT2D eigenvalue weighted by molar-refractivity contribution is 5.85. The zero-order chi connectivity index (χ0) is 14.2. The number of carbonyl (C=O) groups is 1. The van der Waals surface area contributed by atoms with Crippen molar-refractivity contribution in [2.45, 2.75) is 39.2 Å². The Hall–Kier alpha value is -1.85. The zero-order valence-corrected chi connectivity index (χ0v) is 11.9. The van der Waals surface area contributed by atoms with Crippen LogP contribution in [0.3, 0.4) is 0 Å². The third-order valence-electron chi connectivity index (χ3n) is 3.20. The highest BCUT2D eigenvalue weighted by atomic mass is 16.2. The minimum atomic E-state index is -0.240. The lowest BCUT2D eigenvalue weighted by Gasteiger charge is -2.34. The lowest BCUT2D eigenvalue weighted by molar-refractivity contribution is -0.122. The summed E-state index contributed by atoms with van der Waals surface area (Å²) in [5.74, 6) is 1.87. The second kappa shape index (κ2) is 4.68. The van der Waals surface area contributed by atoms with Crippen molar-refractivity contribution in [2.24, 2.45) is 0 Å². The first-order valence-corrected chi connectivity index (χ1v) is 6.48. The van der Waals surface area contributed by atoms with Gasteiger partial charge < -0.3 is 16.0 Å². The molecule has 1 aromatic heterocycles. The number of aromatic nitrogens is 2. The molecule has 2 rings (SSSR count). The fraction of sp³-hybridized carbons (Fsp3) is 0.615. The van der Waals surface area contributed by atoms with Gasteiger partial charge >= 0.3 is 0 Å². The minimum absolute atomic E-state index is 0.0146. The number of nitrogens with zero attached hydrogens (tertiary/aromatic N) is 3. The van der Waals surface area contributed by atoms with Crippen LogP contribution in [0.15, 0.2) is 6.07 Å². The number of amides is 1. The summed E-state index contributed by atoms with van der Waals surface area (Å²) in [5, 5.41) is 2.84. The molecule has 1 amide bonds. The summed E-state index contributed by atoms with van der Waals surface area (Å²) in [7, 11) is 0. The predicted octanol–water partition coefficient (Wildman–Crippen LogP) is 0.681. The molecule has 0 radical (unpaired) electrons. The van der Waals surface area contributed by atoms with Gasteiger partial charge in [-0.3, -0.25) is 4.79 Å². The van der Waals surface area contributed by atoms with Gasteiger partial charge in [0, 0.05) is 24.6 Å². The van der Waals surface area contributed by atoms with Crippen LogP contribution >= 0.6 is 0 Å². The first kappa shape index (κ1) is 13.6. The highest BCUT2D eigenvalue weighted by Gasteiger charge is 2.28. The number of hydrogen-bond donors (Lipinski definition) is 2. The molecule has 1 aliphatic rings. The van der Waals surface area contributed by atoms with Crippen LogP contribution in [0.2, 0.25) is 0 Å². The molecule has 6 heteroatoms. The minimum Gasteiger partial charge on any atom is -0.384 e. The molecular formula is C13H21N5O. The first-order valence-electron chi connectivity index (χ1n) is 6.48.